The highest BCUT2D eigenvalue weighted by molar-refractivity contribution is 6.35. The third-order valence-corrected chi connectivity index (χ3v) is 6.36. The van der Waals surface area contributed by atoms with E-state index in [1.54, 1.807) is 20.8 Å². The smallest absolute Gasteiger partial charge is 0.299 e. The number of benzene rings is 2. The van der Waals surface area contributed by atoms with Crippen LogP contribution in [0.2, 0.25) is 10.0 Å². The molecule has 0 bridgehead atoms. The Kier molecular flexibility index (Phi) is 6.88. The molecule has 0 saturated carbocycles. The van der Waals surface area contributed by atoms with E-state index in [0.29, 0.717) is 16.0 Å². The van der Waals surface area contributed by atoms with Crippen LogP contribution in [-0.4, -0.2) is 34.6 Å². The predicted molar refractivity (Wildman–Crippen MR) is 123 cm³/mol. The number of carbonyl (C=O) groups is 2. The van der Waals surface area contributed by atoms with Crippen molar-refractivity contribution in [3.63, 3.8) is 0 Å². The number of nitriles is 1. The molecule has 35 heavy (non-hydrogen) atoms. The van der Waals surface area contributed by atoms with E-state index in [9.17, 15) is 27.2 Å². The zero-order chi connectivity index (χ0) is 26.5. The van der Waals surface area contributed by atoms with Crippen molar-refractivity contribution in [2.45, 2.75) is 52.0 Å². The van der Waals surface area contributed by atoms with Crippen molar-refractivity contribution in [2.24, 2.45) is 5.41 Å². The lowest BCUT2D eigenvalue weighted by Gasteiger charge is -2.42. The topological polar surface area (TPSA) is 64.4 Å². The number of hydrogen-bond donors (Lipinski definition) is 0. The highest BCUT2D eigenvalue weighted by Gasteiger charge is 2.64. The Hall–Kier alpha value is -2.83. The maximum Gasteiger partial charge on any atom is 0.471 e. The van der Waals surface area contributed by atoms with E-state index in [4.69, 9.17) is 28.5 Å². The number of rotatable bonds is 3. The molecule has 1 aliphatic heterocycles. The fourth-order valence-corrected chi connectivity index (χ4v) is 4.78. The first kappa shape index (κ1) is 26.8. The quantitative estimate of drug-likeness (QED) is 0.355. The van der Waals surface area contributed by atoms with Gasteiger partial charge in [-0.3, -0.25) is 19.4 Å². The van der Waals surface area contributed by atoms with E-state index in [2.05, 4.69) is 0 Å². The van der Waals surface area contributed by atoms with Gasteiger partial charge >= 0.3 is 12.1 Å². The number of nitrogens with zero attached hydrogens (tertiary/aromatic N) is 3. The van der Waals surface area contributed by atoms with Crippen molar-refractivity contribution in [1.29, 1.82) is 5.26 Å². The van der Waals surface area contributed by atoms with Gasteiger partial charge in [0, 0.05) is 17.5 Å². The Bertz CT molecular complexity index is 1200. The minimum absolute atomic E-state index is 0.0464. The Labute approximate surface area is 209 Å². The molecule has 5 nitrogen and oxygen atoms in total. The summed E-state index contributed by atoms with van der Waals surface area (Å²) in [5.41, 5.74) is -2.35. The van der Waals surface area contributed by atoms with E-state index >= 15 is 0 Å². The molecule has 1 heterocycles. The molecule has 0 aromatic heterocycles. The first-order valence-corrected chi connectivity index (χ1v) is 11.2. The minimum Gasteiger partial charge on any atom is -0.299 e. The van der Waals surface area contributed by atoms with Crippen LogP contribution in [0, 0.1) is 22.6 Å². The Morgan fingerprint density at radius 2 is 1.63 bits per heavy atom. The number of anilines is 1. The minimum atomic E-state index is -5.27. The molecule has 2 aromatic carbocycles. The fourth-order valence-electron chi connectivity index (χ4n) is 4.30. The number of alkyl halides is 3. The highest BCUT2D eigenvalue weighted by atomic mass is 35.5. The summed E-state index contributed by atoms with van der Waals surface area (Å²) in [4.78, 5) is 28.3. The van der Waals surface area contributed by atoms with E-state index in [-0.39, 0.29) is 12.1 Å². The van der Waals surface area contributed by atoms with E-state index in [1.165, 1.54) is 31.2 Å². The molecular formula is C24H21Cl2F4N3O2. The summed E-state index contributed by atoms with van der Waals surface area (Å²) in [6.07, 6.45) is -6.96. The molecule has 1 fully saturated rings. The number of halogens is 6. The van der Waals surface area contributed by atoms with Crippen molar-refractivity contribution >= 4 is 40.7 Å². The maximum atomic E-state index is 14.1. The van der Waals surface area contributed by atoms with Gasteiger partial charge in [0.05, 0.1) is 21.7 Å². The van der Waals surface area contributed by atoms with Gasteiger partial charge in [-0.25, -0.2) is 4.39 Å². The molecule has 1 saturated heterocycles. The first-order chi connectivity index (χ1) is 16.0. The molecule has 0 aliphatic carbocycles. The van der Waals surface area contributed by atoms with Gasteiger partial charge in [0.1, 0.15) is 11.7 Å². The average molecular weight is 530 g/mol. The molecule has 0 radical (unpaired) electrons. The zero-order valence-electron chi connectivity index (χ0n) is 19.2. The summed E-state index contributed by atoms with van der Waals surface area (Å²) in [5, 5.41) is 8.17. The fraction of sp³-hybridized carbons (Fsp3) is 0.375. The molecule has 2 amide bonds. The normalized spacial score (nSPS) is 20.8. The second-order valence-electron chi connectivity index (χ2n) is 9.57. The van der Waals surface area contributed by atoms with Crippen LogP contribution in [0.3, 0.4) is 0 Å². The maximum absolute atomic E-state index is 14.1. The van der Waals surface area contributed by atoms with Crippen molar-refractivity contribution in [3.05, 3.63) is 63.4 Å². The molecule has 1 aliphatic rings. The lowest BCUT2D eigenvalue weighted by molar-refractivity contribution is -0.194. The van der Waals surface area contributed by atoms with Gasteiger partial charge in [0.15, 0.2) is 5.82 Å². The SMILES string of the molecule is CC(C)(C)C1N(c2cc(Cl)c(F)c(Cl)c2)C(=O)[C@@](C)(Cc2ccc(C#N)cc2)N1C(=O)C(F)(F)F. The molecule has 2 aromatic rings. The van der Waals surface area contributed by atoms with Crippen LogP contribution in [-0.2, 0) is 16.0 Å². The highest BCUT2D eigenvalue weighted by Crippen LogP contribution is 2.46. The van der Waals surface area contributed by atoms with Crippen LogP contribution in [0.5, 0.6) is 0 Å². The van der Waals surface area contributed by atoms with Crippen molar-refractivity contribution in [1.82, 2.24) is 4.90 Å². The molecule has 11 heteroatoms. The van der Waals surface area contributed by atoms with Crippen molar-refractivity contribution in [3.8, 4) is 6.07 Å². The van der Waals surface area contributed by atoms with Crippen LogP contribution in [0.1, 0.15) is 38.8 Å². The van der Waals surface area contributed by atoms with Crippen LogP contribution in [0.25, 0.3) is 0 Å². The Morgan fingerprint density at radius 1 is 1.11 bits per heavy atom. The van der Waals surface area contributed by atoms with Gasteiger partial charge in [0.25, 0.3) is 5.91 Å². The second-order valence-corrected chi connectivity index (χ2v) is 10.4. The number of carbonyl (C=O) groups excluding carboxylic acids is 2. The predicted octanol–water partition coefficient (Wildman–Crippen LogP) is 6.12. The van der Waals surface area contributed by atoms with Gasteiger partial charge in [-0.05, 0) is 36.8 Å². The summed E-state index contributed by atoms with van der Waals surface area (Å²) < 4.78 is 55.6. The summed E-state index contributed by atoms with van der Waals surface area (Å²) in [5.74, 6) is -3.96. The first-order valence-electron chi connectivity index (χ1n) is 10.4. The van der Waals surface area contributed by atoms with Gasteiger partial charge in [0.2, 0.25) is 0 Å². The Balaban J connectivity index is 2.26. The van der Waals surface area contributed by atoms with Crippen LogP contribution in [0.15, 0.2) is 36.4 Å². The standard InChI is InChI=1S/C24H21Cl2F4N3O2/c1-22(2,3)19-32(15-9-16(25)18(27)17(26)10-15)20(34)23(4,33(19)21(35)24(28,29)30)11-13-5-7-14(12-31)8-6-13/h5-10,19H,11H2,1-4H3/t19?,23-/m1/s1. The lowest BCUT2D eigenvalue weighted by atomic mass is 9.87. The molecule has 0 spiro atoms. The van der Waals surface area contributed by atoms with Crippen molar-refractivity contribution in [2.75, 3.05) is 4.90 Å². The number of amides is 2. The van der Waals surface area contributed by atoms with Gasteiger partial charge in [-0.2, -0.15) is 18.4 Å². The molecule has 186 valence electrons. The molecule has 1 unspecified atom stereocenters. The van der Waals surface area contributed by atoms with E-state index in [1.807, 2.05) is 6.07 Å². The van der Waals surface area contributed by atoms with Crippen LogP contribution < -0.4 is 4.90 Å². The van der Waals surface area contributed by atoms with Crippen LogP contribution in [0.4, 0.5) is 23.2 Å². The Morgan fingerprint density at radius 3 is 2.06 bits per heavy atom. The zero-order valence-corrected chi connectivity index (χ0v) is 20.7. The summed E-state index contributed by atoms with van der Waals surface area (Å²) >= 11 is 11.8. The average Bonchev–Trinajstić information content (AvgIpc) is 2.98. The second kappa shape index (κ2) is 8.99. The van der Waals surface area contributed by atoms with Gasteiger partial charge in [-0.15, -0.1) is 0 Å². The largest absolute Gasteiger partial charge is 0.471 e. The van der Waals surface area contributed by atoms with Gasteiger partial charge in [-0.1, -0.05) is 56.1 Å². The number of hydrogen-bond acceptors (Lipinski definition) is 3. The molecule has 2 atom stereocenters. The van der Waals surface area contributed by atoms with Gasteiger partial charge < -0.3 is 0 Å². The summed E-state index contributed by atoms with van der Waals surface area (Å²) in [7, 11) is 0. The third kappa shape index (κ3) is 4.82. The summed E-state index contributed by atoms with van der Waals surface area (Å²) in [6, 6.07) is 10.1. The van der Waals surface area contributed by atoms with Crippen LogP contribution >= 0.6 is 23.2 Å². The van der Waals surface area contributed by atoms with E-state index in [0.717, 1.165) is 17.0 Å². The van der Waals surface area contributed by atoms with Crippen molar-refractivity contribution < 1.29 is 27.2 Å². The molecule has 0 N–H and O–H groups in total. The monoisotopic (exact) mass is 529 g/mol. The summed E-state index contributed by atoms with van der Waals surface area (Å²) in [6.45, 7) is 5.99. The third-order valence-electron chi connectivity index (χ3n) is 5.81. The lowest BCUT2D eigenvalue weighted by Crippen LogP contribution is -2.59. The molecule has 3 rings (SSSR count). The van der Waals surface area contributed by atoms with E-state index < -0.39 is 51.0 Å². The molecular weight excluding hydrogens is 509 g/mol.